The van der Waals surface area contributed by atoms with Crippen molar-refractivity contribution in [3.05, 3.63) is 12.4 Å². The fraction of sp³-hybridized carbons (Fsp3) is 0.545. The highest BCUT2D eigenvalue weighted by Gasteiger charge is 2.24. The molecule has 2 rings (SSSR count). The van der Waals surface area contributed by atoms with Crippen LogP contribution in [0.1, 0.15) is 12.8 Å². The van der Waals surface area contributed by atoms with Crippen LogP contribution in [0.2, 0.25) is 0 Å². The topological polar surface area (TPSA) is 84.1 Å². The number of nitrogens with two attached hydrogens (primary N) is 1. The molecule has 0 radical (unpaired) electrons. The van der Waals surface area contributed by atoms with Crippen LogP contribution >= 0.6 is 0 Å². The second-order valence-corrected chi connectivity index (χ2v) is 4.18. The predicted octanol–water partition coefficient (Wildman–Crippen LogP) is 0.0212. The first kappa shape index (κ1) is 11.6. The third-order valence-electron chi connectivity index (χ3n) is 3.09. The molecular weight excluding hydrogens is 218 g/mol. The maximum Gasteiger partial charge on any atom is 0.222 e. The van der Waals surface area contributed by atoms with Crippen LogP contribution in [-0.4, -0.2) is 36.0 Å². The lowest BCUT2D eigenvalue weighted by atomic mass is 9.96. The minimum Gasteiger partial charge on any atom is -0.382 e. The summed E-state index contributed by atoms with van der Waals surface area (Å²) in [6.07, 6.45) is 4.94. The number of carbonyl (C=O) groups is 1. The molecule has 92 valence electrons. The molecule has 0 aliphatic carbocycles. The molecule has 1 aromatic rings. The number of nitrogens with zero attached hydrogens (tertiary/aromatic N) is 3. The van der Waals surface area contributed by atoms with Crippen molar-refractivity contribution in [1.29, 1.82) is 0 Å². The van der Waals surface area contributed by atoms with E-state index in [1.807, 2.05) is 0 Å². The first-order chi connectivity index (χ1) is 8.20. The van der Waals surface area contributed by atoms with Gasteiger partial charge in [0.05, 0.1) is 12.4 Å². The van der Waals surface area contributed by atoms with Gasteiger partial charge in [0.25, 0.3) is 0 Å². The van der Waals surface area contributed by atoms with Gasteiger partial charge >= 0.3 is 0 Å². The summed E-state index contributed by atoms with van der Waals surface area (Å²) in [6.45, 7) is 1.66. The molecular formula is C11H17N5O. The molecule has 6 nitrogen and oxygen atoms in total. The number of aromatic nitrogens is 2. The smallest absolute Gasteiger partial charge is 0.222 e. The number of rotatable bonds is 2. The summed E-state index contributed by atoms with van der Waals surface area (Å²) >= 11 is 0. The molecule has 0 saturated carbocycles. The van der Waals surface area contributed by atoms with E-state index in [2.05, 4.69) is 20.2 Å². The van der Waals surface area contributed by atoms with Crippen LogP contribution in [0.15, 0.2) is 12.4 Å². The van der Waals surface area contributed by atoms with Crippen molar-refractivity contribution in [3.8, 4) is 0 Å². The molecule has 17 heavy (non-hydrogen) atoms. The van der Waals surface area contributed by atoms with Gasteiger partial charge in [-0.15, -0.1) is 0 Å². The largest absolute Gasteiger partial charge is 0.382 e. The van der Waals surface area contributed by atoms with E-state index in [9.17, 15) is 4.79 Å². The van der Waals surface area contributed by atoms with E-state index in [-0.39, 0.29) is 11.8 Å². The van der Waals surface area contributed by atoms with Crippen molar-refractivity contribution in [2.45, 2.75) is 12.8 Å². The minimum absolute atomic E-state index is 0.123. The second kappa shape index (κ2) is 4.99. The summed E-state index contributed by atoms with van der Waals surface area (Å²) in [7, 11) is 1.68. The van der Waals surface area contributed by atoms with Crippen LogP contribution in [0.5, 0.6) is 0 Å². The standard InChI is InChI=1S/C11H17N5O/c1-13-11(17)8-2-4-16(5-3-8)10-7-14-9(12)6-15-10/h6-8H,2-5H2,1H3,(H2,12,14)(H,13,17). The molecule has 1 fully saturated rings. The fourth-order valence-electron chi connectivity index (χ4n) is 2.07. The number of amides is 1. The summed E-state index contributed by atoms with van der Waals surface area (Å²) in [5.74, 6) is 1.51. The van der Waals surface area contributed by atoms with E-state index in [1.165, 1.54) is 0 Å². The Morgan fingerprint density at radius 2 is 2.12 bits per heavy atom. The van der Waals surface area contributed by atoms with Crippen LogP contribution in [0, 0.1) is 5.92 Å². The van der Waals surface area contributed by atoms with E-state index in [0.717, 1.165) is 31.7 Å². The van der Waals surface area contributed by atoms with Gasteiger partial charge in [-0.05, 0) is 12.8 Å². The Balaban J connectivity index is 1.95. The quantitative estimate of drug-likeness (QED) is 0.755. The van der Waals surface area contributed by atoms with Crippen molar-refractivity contribution < 1.29 is 4.79 Å². The van der Waals surface area contributed by atoms with Gasteiger partial charge in [0, 0.05) is 26.1 Å². The van der Waals surface area contributed by atoms with Crippen molar-refractivity contribution in [2.75, 3.05) is 30.8 Å². The van der Waals surface area contributed by atoms with Crippen LogP contribution in [0.3, 0.4) is 0 Å². The van der Waals surface area contributed by atoms with Gasteiger partial charge in [0.2, 0.25) is 5.91 Å². The number of carbonyl (C=O) groups excluding carboxylic acids is 1. The molecule has 1 saturated heterocycles. The zero-order valence-electron chi connectivity index (χ0n) is 9.89. The van der Waals surface area contributed by atoms with Gasteiger partial charge in [-0.25, -0.2) is 9.97 Å². The van der Waals surface area contributed by atoms with Crippen LogP contribution in [0.4, 0.5) is 11.6 Å². The Morgan fingerprint density at radius 3 is 2.65 bits per heavy atom. The summed E-state index contributed by atoms with van der Waals surface area (Å²) in [5.41, 5.74) is 5.49. The minimum atomic E-state index is 0.123. The average molecular weight is 235 g/mol. The Kier molecular flexibility index (Phi) is 3.41. The van der Waals surface area contributed by atoms with Crippen molar-refractivity contribution in [1.82, 2.24) is 15.3 Å². The zero-order valence-corrected chi connectivity index (χ0v) is 9.89. The number of hydrogen-bond acceptors (Lipinski definition) is 5. The summed E-state index contributed by atoms with van der Waals surface area (Å²) < 4.78 is 0. The highest BCUT2D eigenvalue weighted by molar-refractivity contribution is 5.78. The van der Waals surface area contributed by atoms with Gasteiger partial charge in [0.15, 0.2) is 0 Å². The molecule has 1 amide bonds. The molecule has 0 atom stereocenters. The lowest BCUT2D eigenvalue weighted by molar-refractivity contribution is -0.125. The summed E-state index contributed by atoms with van der Waals surface area (Å²) in [6, 6.07) is 0. The third-order valence-corrected chi connectivity index (χ3v) is 3.09. The Hall–Kier alpha value is -1.85. The number of piperidine rings is 1. The van der Waals surface area contributed by atoms with Crippen LogP contribution < -0.4 is 16.0 Å². The highest BCUT2D eigenvalue weighted by atomic mass is 16.1. The molecule has 1 aromatic heterocycles. The van der Waals surface area contributed by atoms with Crippen LogP contribution in [0.25, 0.3) is 0 Å². The van der Waals surface area contributed by atoms with Crippen LogP contribution in [-0.2, 0) is 4.79 Å². The lowest BCUT2D eigenvalue weighted by Gasteiger charge is -2.31. The molecule has 2 heterocycles. The van der Waals surface area contributed by atoms with Crippen molar-refractivity contribution in [2.24, 2.45) is 5.92 Å². The van der Waals surface area contributed by atoms with E-state index in [0.29, 0.717) is 5.82 Å². The second-order valence-electron chi connectivity index (χ2n) is 4.18. The summed E-state index contributed by atoms with van der Waals surface area (Å²) in [4.78, 5) is 21.9. The SMILES string of the molecule is CNC(=O)C1CCN(c2cnc(N)cn2)CC1. The number of anilines is 2. The molecule has 3 N–H and O–H groups in total. The monoisotopic (exact) mass is 235 g/mol. The maximum atomic E-state index is 11.5. The normalized spacial score (nSPS) is 16.9. The molecule has 0 spiro atoms. The number of nitrogen functional groups attached to an aromatic ring is 1. The van der Waals surface area contributed by atoms with Gasteiger partial charge in [-0.1, -0.05) is 0 Å². The van der Waals surface area contributed by atoms with E-state index < -0.39 is 0 Å². The maximum absolute atomic E-state index is 11.5. The van der Waals surface area contributed by atoms with Crippen molar-refractivity contribution in [3.63, 3.8) is 0 Å². The predicted molar refractivity (Wildman–Crippen MR) is 65.4 cm³/mol. The average Bonchev–Trinajstić information content (AvgIpc) is 2.39. The molecule has 1 aliphatic heterocycles. The first-order valence-corrected chi connectivity index (χ1v) is 5.74. The van der Waals surface area contributed by atoms with Gasteiger partial charge in [0.1, 0.15) is 11.6 Å². The number of nitrogens with one attached hydrogen (secondary N) is 1. The van der Waals surface area contributed by atoms with Gasteiger partial charge < -0.3 is 16.0 Å². The van der Waals surface area contributed by atoms with E-state index >= 15 is 0 Å². The third kappa shape index (κ3) is 2.64. The molecule has 0 bridgehead atoms. The molecule has 1 aliphatic rings. The summed E-state index contributed by atoms with van der Waals surface area (Å²) in [5, 5.41) is 2.69. The lowest BCUT2D eigenvalue weighted by Crippen LogP contribution is -2.39. The Bertz CT molecular complexity index is 383. The van der Waals surface area contributed by atoms with Gasteiger partial charge in [-0.3, -0.25) is 4.79 Å². The zero-order chi connectivity index (χ0) is 12.3. The van der Waals surface area contributed by atoms with Crippen molar-refractivity contribution >= 4 is 17.5 Å². The van der Waals surface area contributed by atoms with Gasteiger partial charge in [-0.2, -0.15) is 0 Å². The fourth-order valence-corrected chi connectivity index (χ4v) is 2.07. The molecule has 6 heteroatoms. The number of hydrogen-bond donors (Lipinski definition) is 2. The van der Waals surface area contributed by atoms with E-state index in [4.69, 9.17) is 5.73 Å². The van der Waals surface area contributed by atoms with E-state index in [1.54, 1.807) is 19.4 Å². The Labute approximate surface area is 100 Å². The molecule has 0 unspecified atom stereocenters. The molecule has 0 aromatic carbocycles. The first-order valence-electron chi connectivity index (χ1n) is 5.74. The highest BCUT2D eigenvalue weighted by Crippen LogP contribution is 2.21. The Morgan fingerprint density at radius 1 is 1.41 bits per heavy atom.